The number of rotatable bonds is 2. The van der Waals surface area contributed by atoms with Crippen molar-refractivity contribution in [3.8, 4) is 0 Å². The molecule has 2 N–H and O–H groups in total. The fourth-order valence-corrected chi connectivity index (χ4v) is 1.37. The van der Waals surface area contributed by atoms with Crippen LogP contribution in [0.1, 0.15) is 19.4 Å². The summed E-state index contributed by atoms with van der Waals surface area (Å²) in [6.45, 7) is 3.66. The smallest absolute Gasteiger partial charge is 0.227 e. The van der Waals surface area contributed by atoms with Crippen LogP contribution in [-0.2, 0) is 10.2 Å². The molecule has 0 heterocycles. The van der Waals surface area contributed by atoms with Crippen molar-refractivity contribution in [3.63, 3.8) is 0 Å². The first-order valence-electron chi connectivity index (χ1n) is 4.00. The number of hydrogen-bond donors (Lipinski definition) is 1. The summed E-state index contributed by atoms with van der Waals surface area (Å²) in [6, 6.07) is 7.82. The first-order valence-corrected chi connectivity index (χ1v) is 5.08. The van der Waals surface area contributed by atoms with E-state index in [1.807, 2.05) is 38.1 Å². The van der Waals surface area contributed by atoms with Gasteiger partial charge in [0, 0.05) is 3.57 Å². The summed E-state index contributed by atoms with van der Waals surface area (Å²) in [5.41, 5.74) is 5.68. The molecular formula is C10H12INO. The molecule has 70 valence electrons. The van der Waals surface area contributed by atoms with Crippen LogP contribution >= 0.6 is 22.6 Å². The number of carbonyl (C=O) groups is 1. The van der Waals surface area contributed by atoms with Gasteiger partial charge in [-0.15, -0.1) is 0 Å². The van der Waals surface area contributed by atoms with Crippen molar-refractivity contribution < 1.29 is 4.79 Å². The Balaban J connectivity index is 3.08. The van der Waals surface area contributed by atoms with Gasteiger partial charge in [0.1, 0.15) is 0 Å². The molecule has 1 aromatic rings. The van der Waals surface area contributed by atoms with Gasteiger partial charge < -0.3 is 5.73 Å². The first kappa shape index (κ1) is 10.5. The number of halogens is 1. The SMILES string of the molecule is CC(C)(C(N)=O)c1ccc(I)cc1. The van der Waals surface area contributed by atoms with Gasteiger partial charge in [0.25, 0.3) is 0 Å². The molecule has 0 aliphatic heterocycles. The van der Waals surface area contributed by atoms with Crippen molar-refractivity contribution in [3.05, 3.63) is 33.4 Å². The van der Waals surface area contributed by atoms with Crippen molar-refractivity contribution in [2.24, 2.45) is 5.73 Å². The molecule has 0 atom stereocenters. The minimum absolute atomic E-state index is 0.297. The maximum absolute atomic E-state index is 11.1. The molecule has 3 heteroatoms. The standard InChI is InChI=1S/C10H12INO/c1-10(2,9(12)13)7-3-5-8(11)6-4-7/h3-6H,1-2H3,(H2,12,13). The largest absolute Gasteiger partial charge is 0.369 e. The van der Waals surface area contributed by atoms with E-state index >= 15 is 0 Å². The zero-order valence-electron chi connectivity index (χ0n) is 7.67. The van der Waals surface area contributed by atoms with E-state index in [2.05, 4.69) is 22.6 Å². The molecule has 0 bridgehead atoms. The number of carbonyl (C=O) groups excluding carboxylic acids is 1. The van der Waals surface area contributed by atoms with E-state index < -0.39 is 5.41 Å². The van der Waals surface area contributed by atoms with Gasteiger partial charge in [0.15, 0.2) is 0 Å². The number of amides is 1. The highest BCUT2D eigenvalue weighted by atomic mass is 127. The van der Waals surface area contributed by atoms with Crippen molar-refractivity contribution in [2.45, 2.75) is 19.3 Å². The fraction of sp³-hybridized carbons (Fsp3) is 0.300. The summed E-state index contributed by atoms with van der Waals surface area (Å²) < 4.78 is 1.15. The lowest BCUT2D eigenvalue weighted by atomic mass is 9.84. The van der Waals surface area contributed by atoms with Gasteiger partial charge in [0.2, 0.25) is 5.91 Å². The van der Waals surface area contributed by atoms with Crippen LogP contribution in [0.2, 0.25) is 0 Å². The lowest BCUT2D eigenvalue weighted by molar-refractivity contribution is -0.122. The second-order valence-electron chi connectivity index (χ2n) is 3.50. The maximum atomic E-state index is 11.1. The van der Waals surface area contributed by atoms with E-state index in [1.165, 1.54) is 0 Å². The molecule has 1 rings (SSSR count). The molecule has 0 aliphatic rings. The molecule has 1 aromatic carbocycles. The molecule has 0 fully saturated rings. The number of nitrogens with two attached hydrogens (primary N) is 1. The molecule has 0 spiro atoms. The van der Waals surface area contributed by atoms with Crippen molar-refractivity contribution in [1.82, 2.24) is 0 Å². The van der Waals surface area contributed by atoms with Crippen molar-refractivity contribution >= 4 is 28.5 Å². The molecule has 0 saturated carbocycles. The zero-order chi connectivity index (χ0) is 10.1. The van der Waals surface area contributed by atoms with Gasteiger partial charge in [-0.3, -0.25) is 4.79 Å². The molecular weight excluding hydrogens is 277 g/mol. The van der Waals surface area contributed by atoms with Crippen molar-refractivity contribution in [2.75, 3.05) is 0 Å². The normalized spacial score (nSPS) is 11.3. The summed E-state index contributed by atoms with van der Waals surface area (Å²) >= 11 is 2.23. The zero-order valence-corrected chi connectivity index (χ0v) is 9.83. The second kappa shape index (κ2) is 3.65. The quantitative estimate of drug-likeness (QED) is 0.832. The molecule has 0 aliphatic carbocycles. The Morgan fingerprint density at radius 3 is 2.15 bits per heavy atom. The van der Waals surface area contributed by atoms with E-state index in [9.17, 15) is 4.79 Å². The third-order valence-electron chi connectivity index (χ3n) is 2.18. The van der Waals surface area contributed by atoms with Crippen LogP contribution in [-0.4, -0.2) is 5.91 Å². The maximum Gasteiger partial charge on any atom is 0.227 e. The van der Waals surface area contributed by atoms with Gasteiger partial charge in [-0.2, -0.15) is 0 Å². The molecule has 0 unspecified atom stereocenters. The Morgan fingerprint density at radius 2 is 1.77 bits per heavy atom. The van der Waals surface area contributed by atoms with Crippen LogP contribution < -0.4 is 5.73 Å². The van der Waals surface area contributed by atoms with Crippen LogP contribution in [0.15, 0.2) is 24.3 Å². The predicted octanol–water partition coefficient (Wildman–Crippen LogP) is 2.05. The molecule has 1 amide bonds. The van der Waals surface area contributed by atoms with Gasteiger partial charge in [-0.25, -0.2) is 0 Å². The Labute approximate surface area is 91.7 Å². The van der Waals surface area contributed by atoms with Crippen molar-refractivity contribution in [1.29, 1.82) is 0 Å². The van der Waals surface area contributed by atoms with E-state index in [-0.39, 0.29) is 5.91 Å². The van der Waals surface area contributed by atoms with E-state index in [0.29, 0.717) is 0 Å². The van der Waals surface area contributed by atoms with E-state index in [1.54, 1.807) is 0 Å². The average Bonchev–Trinajstić information content (AvgIpc) is 2.04. The third-order valence-corrected chi connectivity index (χ3v) is 2.90. The monoisotopic (exact) mass is 289 g/mol. The number of primary amides is 1. The Morgan fingerprint density at radius 1 is 1.31 bits per heavy atom. The summed E-state index contributed by atoms with van der Waals surface area (Å²) in [5.74, 6) is -0.297. The highest BCUT2D eigenvalue weighted by molar-refractivity contribution is 14.1. The Bertz CT molecular complexity index is 316. The van der Waals surface area contributed by atoms with Crippen LogP contribution in [0.5, 0.6) is 0 Å². The van der Waals surface area contributed by atoms with Crippen LogP contribution in [0.4, 0.5) is 0 Å². The molecule has 0 aromatic heterocycles. The van der Waals surface area contributed by atoms with E-state index in [4.69, 9.17) is 5.73 Å². The first-order chi connectivity index (χ1) is 5.94. The van der Waals surface area contributed by atoms with Gasteiger partial charge in [0.05, 0.1) is 5.41 Å². The Kier molecular flexibility index (Phi) is 2.95. The van der Waals surface area contributed by atoms with E-state index in [0.717, 1.165) is 9.13 Å². The number of hydrogen-bond acceptors (Lipinski definition) is 1. The fourth-order valence-electron chi connectivity index (χ4n) is 1.01. The van der Waals surface area contributed by atoms with Crippen LogP contribution in [0, 0.1) is 3.57 Å². The molecule has 0 radical (unpaired) electrons. The molecule has 2 nitrogen and oxygen atoms in total. The summed E-state index contributed by atoms with van der Waals surface area (Å²) in [7, 11) is 0. The van der Waals surface area contributed by atoms with Crippen LogP contribution in [0.3, 0.4) is 0 Å². The summed E-state index contributed by atoms with van der Waals surface area (Å²) in [5, 5.41) is 0. The minimum Gasteiger partial charge on any atom is -0.369 e. The van der Waals surface area contributed by atoms with Gasteiger partial charge in [-0.05, 0) is 54.1 Å². The Hall–Kier alpha value is -0.580. The topological polar surface area (TPSA) is 43.1 Å². The number of benzene rings is 1. The molecule has 0 saturated heterocycles. The van der Waals surface area contributed by atoms with Gasteiger partial charge in [-0.1, -0.05) is 12.1 Å². The highest BCUT2D eigenvalue weighted by Crippen LogP contribution is 2.23. The van der Waals surface area contributed by atoms with Crippen LogP contribution in [0.25, 0.3) is 0 Å². The third kappa shape index (κ3) is 2.21. The lowest BCUT2D eigenvalue weighted by Gasteiger charge is -2.20. The summed E-state index contributed by atoms with van der Waals surface area (Å²) in [6.07, 6.45) is 0. The predicted molar refractivity (Wildman–Crippen MR) is 61.4 cm³/mol. The molecule has 13 heavy (non-hydrogen) atoms. The summed E-state index contributed by atoms with van der Waals surface area (Å²) in [4.78, 5) is 11.1. The second-order valence-corrected chi connectivity index (χ2v) is 4.74. The average molecular weight is 289 g/mol. The highest BCUT2D eigenvalue weighted by Gasteiger charge is 2.26. The van der Waals surface area contributed by atoms with Gasteiger partial charge >= 0.3 is 0 Å². The minimum atomic E-state index is -0.579. The lowest BCUT2D eigenvalue weighted by Crippen LogP contribution is -2.35.